The molecular formula is C12H14N4OS. The maximum absolute atomic E-state index is 11.6. The number of aryl methyl sites for hydroxylation is 1. The summed E-state index contributed by atoms with van der Waals surface area (Å²) in [5.74, 6) is -0.473. The van der Waals surface area contributed by atoms with Gasteiger partial charge < -0.3 is 5.73 Å². The lowest BCUT2D eigenvalue weighted by Gasteiger charge is -2.08. The van der Waals surface area contributed by atoms with Gasteiger partial charge in [0, 0.05) is 5.38 Å². The summed E-state index contributed by atoms with van der Waals surface area (Å²) < 4.78 is 0. The van der Waals surface area contributed by atoms with Crippen molar-refractivity contribution in [1.29, 1.82) is 0 Å². The number of nitrogens with two attached hydrogens (primary N) is 1. The Bertz CT molecular complexity index is 539. The topological polar surface area (TPSA) is 81.8 Å². The first kappa shape index (κ1) is 12.6. The highest BCUT2D eigenvalue weighted by atomic mass is 32.1. The van der Waals surface area contributed by atoms with Gasteiger partial charge >= 0.3 is 0 Å². The first-order chi connectivity index (χ1) is 8.74. The zero-order valence-corrected chi connectivity index (χ0v) is 10.9. The Labute approximate surface area is 109 Å². The fraction of sp³-hybridized carbons (Fsp3) is 0.333. The number of aromatic nitrogens is 3. The van der Waals surface area contributed by atoms with Gasteiger partial charge in [0.1, 0.15) is 11.4 Å². The van der Waals surface area contributed by atoms with Crippen molar-refractivity contribution in [2.24, 2.45) is 5.73 Å². The Morgan fingerprint density at radius 1 is 1.50 bits per heavy atom. The highest BCUT2D eigenvalue weighted by Gasteiger charge is 2.18. The molecule has 0 fully saturated rings. The van der Waals surface area contributed by atoms with E-state index in [9.17, 15) is 4.79 Å². The molecule has 0 aromatic carbocycles. The Hall–Kier alpha value is -1.82. The van der Waals surface area contributed by atoms with Gasteiger partial charge in [-0.1, -0.05) is 13.3 Å². The number of nitrogens with zero attached hydrogens (tertiary/aromatic N) is 3. The van der Waals surface area contributed by atoms with E-state index in [4.69, 9.17) is 5.73 Å². The van der Waals surface area contributed by atoms with E-state index < -0.39 is 5.91 Å². The Kier molecular flexibility index (Phi) is 3.99. The highest BCUT2D eigenvalue weighted by Crippen LogP contribution is 2.23. The average molecular weight is 262 g/mol. The molecule has 18 heavy (non-hydrogen) atoms. The van der Waals surface area contributed by atoms with Gasteiger partial charge in [-0.25, -0.2) is 4.98 Å². The second-order valence-corrected chi connectivity index (χ2v) is 4.65. The highest BCUT2D eigenvalue weighted by molar-refractivity contribution is 7.07. The molecule has 2 rings (SSSR count). The first-order valence-electron chi connectivity index (χ1n) is 5.77. The predicted molar refractivity (Wildman–Crippen MR) is 70.3 cm³/mol. The number of primary amides is 1. The maximum Gasteiger partial charge on any atom is 0.251 e. The molecule has 2 N–H and O–H groups in total. The van der Waals surface area contributed by atoms with E-state index in [1.54, 1.807) is 11.7 Å². The zero-order chi connectivity index (χ0) is 13.0. The van der Waals surface area contributed by atoms with Crippen LogP contribution >= 0.6 is 11.3 Å². The molecule has 2 heterocycles. The van der Waals surface area contributed by atoms with E-state index in [2.05, 4.69) is 22.1 Å². The van der Waals surface area contributed by atoms with E-state index in [0.29, 0.717) is 17.0 Å². The smallest absolute Gasteiger partial charge is 0.251 e. The number of carbonyl (C=O) groups is 1. The van der Waals surface area contributed by atoms with Gasteiger partial charge in [0.25, 0.3) is 5.91 Å². The molecule has 6 heteroatoms. The Balaban J connectivity index is 2.49. The first-order valence-corrected chi connectivity index (χ1v) is 6.71. The Morgan fingerprint density at radius 3 is 2.94 bits per heavy atom. The van der Waals surface area contributed by atoms with Crippen molar-refractivity contribution >= 4 is 17.2 Å². The summed E-state index contributed by atoms with van der Waals surface area (Å²) in [6.45, 7) is 2.10. The molecule has 0 saturated carbocycles. The van der Waals surface area contributed by atoms with Crippen LogP contribution in [0.2, 0.25) is 0 Å². The van der Waals surface area contributed by atoms with E-state index in [0.717, 1.165) is 24.8 Å². The number of carbonyl (C=O) groups excluding carboxylic acids is 1. The van der Waals surface area contributed by atoms with Crippen molar-refractivity contribution < 1.29 is 4.79 Å². The van der Waals surface area contributed by atoms with Gasteiger partial charge in [-0.3, -0.25) is 4.79 Å². The van der Waals surface area contributed by atoms with Gasteiger partial charge in [0.05, 0.1) is 17.3 Å². The normalized spacial score (nSPS) is 10.5. The van der Waals surface area contributed by atoms with Crippen molar-refractivity contribution in [3.8, 4) is 11.4 Å². The lowest BCUT2D eigenvalue weighted by molar-refractivity contribution is 0.0999. The Morgan fingerprint density at radius 2 is 2.33 bits per heavy atom. The van der Waals surface area contributed by atoms with Gasteiger partial charge in [-0.15, -0.1) is 16.4 Å². The molecule has 1 amide bonds. The number of rotatable bonds is 5. The molecule has 0 bridgehead atoms. The summed E-state index contributed by atoms with van der Waals surface area (Å²) >= 11 is 1.45. The largest absolute Gasteiger partial charge is 0.366 e. The van der Waals surface area contributed by atoms with Crippen LogP contribution in [0.25, 0.3) is 11.4 Å². The second-order valence-electron chi connectivity index (χ2n) is 3.93. The molecule has 0 aliphatic rings. The minimum absolute atomic E-state index is 0.448. The van der Waals surface area contributed by atoms with Gasteiger partial charge in [-0.2, -0.15) is 5.10 Å². The molecule has 0 spiro atoms. The minimum Gasteiger partial charge on any atom is -0.366 e. The van der Waals surface area contributed by atoms with Gasteiger partial charge in [0.2, 0.25) is 0 Å². The predicted octanol–water partition coefficient (Wildman–Crippen LogP) is 2.04. The number of hydrogen-bond donors (Lipinski definition) is 1. The molecule has 2 aromatic heterocycles. The minimum atomic E-state index is -0.473. The second kappa shape index (κ2) is 5.68. The van der Waals surface area contributed by atoms with Crippen molar-refractivity contribution in [3.05, 3.63) is 28.2 Å². The summed E-state index contributed by atoms with van der Waals surface area (Å²) in [7, 11) is 0. The molecule has 0 aliphatic carbocycles. The SMILES string of the molecule is CCCCc1cnnc(-c2cscn2)c1C(N)=O. The standard InChI is InChI=1S/C12H14N4OS/c1-2-3-4-8-5-15-16-11(10(8)12(13)17)9-6-18-7-14-9/h5-7H,2-4H2,1H3,(H2,13,17). The van der Waals surface area contributed by atoms with Crippen LogP contribution < -0.4 is 5.73 Å². The van der Waals surface area contributed by atoms with Gasteiger partial charge in [0.15, 0.2) is 0 Å². The van der Waals surface area contributed by atoms with Crippen LogP contribution in [0.4, 0.5) is 0 Å². The van der Waals surface area contributed by atoms with Crippen LogP contribution in [-0.2, 0) is 6.42 Å². The molecule has 0 radical (unpaired) electrons. The number of hydrogen-bond acceptors (Lipinski definition) is 5. The van der Waals surface area contributed by atoms with Crippen LogP contribution in [0, 0.1) is 0 Å². The van der Waals surface area contributed by atoms with Crippen molar-refractivity contribution in [1.82, 2.24) is 15.2 Å². The fourth-order valence-electron chi connectivity index (χ4n) is 1.76. The van der Waals surface area contributed by atoms with E-state index in [1.807, 2.05) is 5.38 Å². The van der Waals surface area contributed by atoms with Crippen LogP contribution in [0.3, 0.4) is 0 Å². The van der Waals surface area contributed by atoms with Crippen molar-refractivity contribution in [3.63, 3.8) is 0 Å². The van der Waals surface area contributed by atoms with Crippen LogP contribution in [0.15, 0.2) is 17.1 Å². The van der Waals surface area contributed by atoms with E-state index in [1.165, 1.54) is 11.3 Å². The number of amides is 1. The third kappa shape index (κ3) is 2.53. The summed E-state index contributed by atoms with van der Waals surface area (Å²) in [4.78, 5) is 15.8. The fourth-order valence-corrected chi connectivity index (χ4v) is 2.30. The monoisotopic (exact) mass is 262 g/mol. The van der Waals surface area contributed by atoms with Gasteiger partial charge in [-0.05, 0) is 18.4 Å². The molecular weight excluding hydrogens is 248 g/mol. The molecule has 2 aromatic rings. The summed E-state index contributed by atoms with van der Waals surface area (Å²) in [5, 5.41) is 9.78. The molecule has 0 unspecified atom stereocenters. The summed E-state index contributed by atoms with van der Waals surface area (Å²) in [6.07, 6.45) is 4.43. The number of thiazole rings is 1. The molecule has 0 atom stereocenters. The molecule has 0 saturated heterocycles. The van der Waals surface area contributed by atoms with E-state index >= 15 is 0 Å². The van der Waals surface area contributed by atoms with Crippen LogP contribution in [0.5, 0.6) is 0 Å². The summed E-state index contributed by atoms with van der Waals surface area (Å²) in [6, 6.07) is 0. The zero-order valence-electron chi connectivity index (χ0n) is 10.1. The van der Waals surface area contributed by atoms with E-state index in [-0.39, 0.29) is 0 Å². The van der Waals surface area contributed by atoms with Crippen molar-refractivity contribution in [2.75, 3.05) is 0 Å². The lowest BCUT2D eigenvalue weighted by atomic mass is 10.0. The molecule has 5 nitrogen and oxygen atoms in total. The third-order valence-corrected chi connectivity index (χ3v) is 3.24. The maximum atomic E-state index is 11.6. The quantitative estimate of drug-likeness (QED) is 0.894. The third-order valence-electron chi connectivity index (χ3n) is 2.65. The molecule has 0 aliphatic heterocycles. The lowest BCUT2D eigenvalue weighted by Crippen LogP contribution is -2.17. The van der Waals surface area contributed by atoms with Crippen LogP contribution in [-0.4, -0.2) is 21.1 Å². The van der Waals surface area contributed by atoms with Crippen molar-refractivity contribution in [2.45, 2.75) is 26.2 Å². The summed E-state index contributed by atoms with van der Waals surface area (Å²) in [5.41, 5.74) is 9.59. The number of unbranched alkanes of at least 4 members (excludes halogenated alkanes) is 1. The van der Waals surface area contributed by atoms with Crippen LogP contribution in [0.1, 0.15) is 35.7 Å². The molecule has 94 valence electrons. The average Bonchev–Trinajstić information content (AvgIpc) is 2.89.